The molecular formula is C12H12F3N3O. The molecule has 1 aromatic heterocycles. The Morgan fingerprint density at radius 2 is 1.95 bits per heavy atom. The van der Waals surface area contributed by atoms with Crippen LogP contribution >= 0.6 is 0 Å². The van der Waals surface area contributed by atoms with Crippen LogP contribution in [0.2, 0.25) is 0 Å². The van der Waals surface area contributed by atoms with Crippen molar-refractivity contribution in [1.29, 1.82) is 0 Å². The Morgan fingerprint density at radius 3 is 2.53 bits per heavy atom. The Balaban J connectivity index is 2.62. The van der Waals surface area contributed by atoms with E-state index in [4.69, 9.17) is 10.5 Å². The minimum Gasteiger partial charge on any atom is -0.497 e. The third-order valence-corrected chi connectivity index (χ3v) is 2.57. The molecule has 1 heterocycles. The zero-order valence-corrected chi connectivity index (χ0v) is 10.3. The lowest BCUT2D eigenvalue weighted by Gasteiger charge is -2.08. The average Bonchev–Trinajstić information content (AvgIpc) is 2.70. The molecule has 19 heavy (non-hydrogen) atoms. The lowest BCUT2D eigenvalue weighted by Crippen LogP contribution is -2.08. The molecule has 0 unspecified atom stereocenters. The van der Waals surface area contributed by atoms with Gasteiger partial charge in [-0.3, -0.25) is 4.68 Å². The molecule has 0 amide bonds. The van der Waals surface area contributed by atoms with Crippen LogP contribution in [0.3, 0.4) is 0 Å². The fourth-order valence-electron chi connectivity index (χ4n) is 1.80. The molecule has 0 saturated heterocycles. The number of aromatic nitrogens is 2. The monoisotopic (exact) mass is 271 g/mol. The average molecular weight is 271 g/mol. The Hall–Kier alpha value is -2.18. The second kappa shape index (κ2) is 4.49. The van der Waals surface area contributed by atoms with Gasteiger partial charge >= 0.3 is 6.18 Å². The van der Waals surface area contributed by atoms with Crippen LogP contribution in [-0.2, 0) is 13.2 Å². The molecule has 0 saturated carbocycles. The largest absolute Gasteiger partial charge is 0.497 e. The summed E-state index contributed by atoms with van der Waals surface area (Å²) in [5.74, 6) is 0.395. The number of hydrogen-bond acceptors (Lipinski definition) is 3. The van der Waals surface area contributed by atoms with Crippen LogP contribution in [0.25, 0.3) is 11.1 Å². The maximum Gasteiger partial charge on any atom is 0.435 e. The Bertz CT molecular complexity index is 605. The number of nitrogens with zero attached hydrogens (tertiary/aromatic N) is 2. The molecule has 0 bridgehead atoms. The summed E-state index contributed by atoms with van der Waals surface area (Å²) in [6.45, 7) is 0. The molecular weight excluding hydrogens is 259 g/mol. The Kier molecular flexibility index (Phi) is 3.13. The normalized spacial score (nSPS) is 11.6. The summed E-state index contributed by atoms with van der Waals surface area (Å²) in [4.78, 5) is 0. The van der Waals surface area contributed by atoms with Crippen molar-refractivity contribution in [1.82, 2.24) is 9.78 Å². The molecule has 0 aliphatic rings. The number of benzene rings is 1. The van der Waals surface area contributed by atoms with E-state index in [0.29, 0.717) is 17.0 Å². The highest BCUT2D eigenvalue weighted by molar-refractivity contribution is 5.71. The van der Waals surface area contributed by atoms with Gasteiger partial charge in [-0.15, -0.1) is 0 Å². The number of alkyl halides is 3. The lowest BCUT2D eigenvalue weighted by atomic mass is 10.1. The second-order valence-corrected chi connectivity index (χ2v) is 4.06. The molecule has 2 N–H and O–H groups in total. The summed E-state index contributed by atoms with van der Waals surface area (Å²) in [6, 6.07) is 4.48. The van der Waals surface area contributed by atoms with E-state index in [9.17, 15) is 13.2 Å². The number of ether oxygens (including phenoxy) is 1. The van der Waals surface area contributed by atoms with Gasteiger partial charge in [0.05, 0.1) is 7.11 Å². The van der Waals surface area contributed by atoms with Crippen LogP contribution in [0, 0.1) is 0 Å². The van der Waals surface area contributed by atoms with Crippen molar-refractivity contribution < 1.29 is 17.9 Å². The van der Waals surface area contributed by atoms with E-state index in [1.807, 2.05) is 0 Å². The van der Waals surface area contributed by atoms with Gasteiger partial charge in [0.25, 0.3) is 0 Å². The van der Waals surface area contributed by atoms with Gasteiger partial charge in [0.2, 0.25) is 0 Å². The highest BCUT2D eigenvalue weighted by Crippen LogP contribution is 2.37. The van der Waals surface area contributed by atoms with Crippen molar-refractivity contribution in [2.75, 3.05) is 12.8 Å². The predicted octanol–water partition coefficient (Wildman–Crippen LogP) is 2.70. The molecule has 7 heteroatoms. The van der Waals surface area contributed by atoms with Crippen LogP contribution in [0.4, 0.5) is 18.9 Å². The summed E-state index contributed by atoms with van der Waals surface area (Å²) in [7, 11) is 2.86. The molecule has 102 valence electrons. The van der Waals surface area contributed by atoms with Gasteiger partial charge in [0.1, 0.15) is 5.75 Å². The molecule has 1 aromatic carbocycles. The number of rotatable bonds is 2. The van der Waals surface area contributed by atoms with Gasteiger partial charge in [-0.25, -0.2) is 0 Å². The van der Waals surface area contributed by atoms with E-state index < -0.39 is 11.9 Å². The van der Waals surface area contributed by atoms with Gasteiger partial charge < -0.3 is 10.5 Å². The molecule has 0 atom stereocenters. The molecule has 0 spiro atoms. The highest BCUT2D eigenvalue weighted by Gasteiger charge is 2.37. The Morgan fingerprint density at radius 1 is 1.26 bits per heavy atom. The fraction of sp³-hybridized carbons (Fsp3) is 0.250. The highest BCUT2D eigenvalue weighted by atomic mass is 19.4. The maximum absolute atomic E-state index is 12.9. The number of anilines is 1. The summed E-state index contributed by atoms with van der Waals surface area (Å²) >= 11 is 0. The molecule has 2 aromatic rings. The van der Waals surface area contributed by atoms with E-state index >= 15 is 0 Å². The van der Waals surface area contributed by atoms with Crippen molar-refractivity contribution in [3.8, 4) is 16.9 Å². The fourth-order valence-corrected chi connectivity index (χ4v) is 1.80. The van der Waals surface area contributed by atoms with Crippen molar-refractivity contribution in [2.24, 2.45) is 7.05 Å². The van der Waals surface area contributed by atoms with Crippen LogP contribution in [0.5, 0.6) is 5.75 Å². The maximum atomic E-state index is 12.9. The van der Waals surface area contributed by atoms with Crippen molar-refractivity contribution in [2.45, 2.75) is 6.18 Å². The summed E-state index contributed by atoms with van der Waals surface area (Å²) in [5, 5.41) is 3.45. The first kappa shape index (κ1) is 13.3. The molecule has 0 fully saturated rings. The molecule has 2 rings (SSSR count). The smallest absolute Gasteiger partial charge is 0.435 e. The lowest BCUT2D eigenvalue weighted by molar-refractivity contribution is -0.140. The quantitative estimate of drug-likeness (QED) is 0.854. The van der Waals surface area contributed by atoms with Crippen molar-refractivity contribution in [3.05, 3.63) is 30.1 Å². The van der Waals surface area contributed by atoms with E-state index in [1.165, 1.54) is 38.6 Å². The van der Waals surface area contributed by atoms with E-state index in [0.717, 1.165) is 4.68 Å². The molecule has 0 radical (unpaired) electrons. The Labute approximate surface area is 107 Å². The number of nitrogen functional groups attached to an aromatic ring is 1. The standard InChI is InChI=1S/C12H12F3N3O/c1-18-6-10(11(17-18)12(13,14)15)7-3-8(16)5-9(4-7)19-2/h3-6H,16H2,1-2H3. The van der Waals surface area contributed by atoms with E-state index in [1.54, 1.807) is 0 Å². The first-order chi connectivity index (χ1) is 8.81. The summed E-state index contributed by atoms with van der Waals surface area (Å²) in [5.41, 5.74) is 5.32. The minimum absolute atomic E-state index is 0.0272. The van der Waals surface area contributed by atoms with Gasteiger partial charge in [-0.05, 0) is 17.7 Å². The van der Waals surface area contributed by atoms with Gasteiger partial charge in [-0.1, -0.05) is 0 Å². The topological polar surface area (TPSA) is 53.1 Å². The third kappa shape index (κ3) is 2.64. The molecule has 0 aliphatic carbocycles. The molecule has 0 aliphatic heterocycles. The number of nitrogens with two attached hydrogens (primary N) is 1. The first-order valence-electron chi connectivity index (χ1n) is 5.37. The first-order valence-corrected chi connectivity index (χ1v) is 5.37. The predicted molar refractivity (Wildman–Crippen MR) is 64.6 cm³/mol. The SMILES string of the molecule is COc1cc(N)cc(-c2cn(C)nc2C(F)(F)F)c1. The molecule has 4 nitrogen and oxygen atoms in total. The zero-order chi connectivity index (χ0) is 14.2. The third-order valence-electron chi connectivity index (χ3n) is 2.57. The van der Waals surface area contributed by atoms with Gasteiger partial charge in [0.15, 0.2) is 5.69 Å². The van der Waals surface area contributed by atoms with E-state index in [-0.39, 0.29) is 5.56 Å². The van der Waals surface area contributed by atoms with Gasteiger partial charge in [-0.2, -0.15) is 18.3 Å². The van der Waals surface area contributed by atoms with Gasteiger partial charge in [0, 0.05) is 30.6 Å². The number of aryl methyl sites for hydroxylation is 1. The number of halogens is 3. The summed E-state index contributed by atoms with van der Waals surface area (Å²) < 4.78 is 44.8. The van der Waals surface area contributed by atoms with Crippen LogP contribution in [0.15, 0.2) is 24.4 Å². The van der Waals surface area contributed by atoms with Crippen molar-refractivity contribution in [3.63, 3.8) is 0 Å². The summed E-state index contributed by atoms with van der Waals surface area (Å²) in [6.07, 6.45) is -3.22. The van der Waals surface area contributed by atoms with Crippen LogP contribution < -0.4 is 10.5 Å². The number of hydrogen-bond donors (Lipinski definition) is 1. The van der Waals surface area contributed by atoms with Crippen LogP contribution in [-0.4, -0.2) is 16.9 Å². The second-order valence-electron chi connectivity index (χ2n) is 4.06. The minimum atomic E-state index is -4.52. The zero-order valence-electron chi connectivity index (χ0n) is 10.3. The van der Waals surface area contributed by atoms with E-state index in [2.05, 4.69) is 5.10 Å². The van der Waals surface area contributed by atoms with Crippen molar-refractivity contribution >= 4 is 5.69 Å². The van der Waals surface area contributed by atoms with Crippen LogP contribution in [0.1, 0.15) is 5.69 Å². The number of methoxy groups -OCH3 is 1.